The molecule has 3 rings (SSSR count). The number of non-ortho nitro benzene ring substituents is 1. The molecule has 0 aliphatic rings. The van der Waals surface area contributed by atoms with Gasteiger partial charge in [0.05, 0.1) is 21.5 Å². The average Bonchev–Trinajstić information content (AvgIpc) is 3.14. The van der Waals surface area contributed by atoms with Crippen molar-refractivity contribution < 1.29 is 13.3 Å². The van der Waals surface area contributed by atoms with Crippen molar-refractivity contribution in [3.63, 3.8) is 0 Å². The summed E-state index contributed by atoms with van der Waals surface area (Å²) in [5.74, 6) is 0.287. The lowest BCUT2D eigenvalue weighted by Gasteiger charge is -2.16. The first-order valence-electron chi connectivity index (χ1n) is 8.32. The first-order valence-corrected chi connectivity index (χ1v) is 9.80. The Balaban J connectivity index is 1.97. The van der Waals surface area contributed by atoms with Gasteiger partial charge in [-0.2, -0.15) is 4.68 Å². The number of aryl methyl sites for hydroxylation is 1. The molecule has 0 bridgehead atoms. The Morgan fingerprint density at radius 3 is 2.50 bits per heavy atom. The van der Waals surface area contributed by atoms with E-state index in [-0.39, 0.29) is 16.4 Å². The van der Waals surface area contributed by atoms with Gasteiger partial charge in [0.2, 0.25) is 10.0 Å². The summed E-state index contributed by atoms with van der Waals surface area (Å²) in [6, 6.07) is 10.7. The fourth-order valence-electron chi connectivity index (χ4n) is 2.76. The molecular weight excluding hydrogens is 384 g/mol. The number of aromatic nitrogens is 4. The number of nitrogens with one attached hydrogen (secondary N) is 1. The number of nitro benzene ring substituents is 1. The molecule has 28 heavy (non-hydrogen) atoms. The summed E-state index contributed by atoms with van der Waals surface area (Å²) >= 11 is 0. The predicted molar refractivity (Wildman–Crippen MR) is 100 cm³/mol. The molecule has 1 atom stereocenters. The molecule has 0 fully saturated rings. The van der Waals surface area contributed by atoms with Crippen molar-refractivity contribution >= 4 is 15.7 Å². The summed E-state index contributed by atoms with van der Waals surface area (Å²) in [7, 11) is -4.06. The molecule has 2 aromatic carbocycles. The fraction of sp³-hybridized carbons (Fsp3) is 0.235. The van der Waals surface area contributed by atoms with Gasteiger partial charge in [0.1, 0.15) is 0 Å². The molecule has 0 aliphatic heterocycles. The largest absolute Gasteiger partial charge is 0.271 e. The lowest BCUT2D eigenvalue weighted by molar-refractivity contribution is -0.385. The minimum atomic E-state index is -4.06. The fourth-order valence-corrected chi connectivity index (χ4v) is 4.30. The highest BCUT2D eigenvalue weighted by atomic mass is 32.2. The zero-order valence-electron chi connectivity index (χ0n) is 15.4. The van der Waals surface area contributed by atoms with Gasteiger partial charge in [0.25, 0.3) is 5.69 Å². The van der Waals surface area contributed by atoms with E-state index in [1.807, 2.05) is 18.2 Å². The highest BCUT2D eigenvalue weighted by Crippen LogP contribution is 2.26. The molecule has 0 radical (unpaired) electrons. The number of sulfonamides is 1. The van der Waals surface area contributed by atoms with Crippen LogP contribution < -0.4 is 4.72 Å². The first-order chi connectivity index (χ1) is 13.2. The Bertz CT molecular complexity index is 1130. The van der Waals surface area contributed by atoms with Gasteiger partial charge in [-0.15, -0.1) is 5.10 Å². The molecule has 3 aromatic rings. The van der Waals surface area contributed by atoms with Crippen LogP contribution in [-0.4, -0.2) is 33.5 Å². The standard InChI is InChI=1S/C17H18N6O4S/c1-11-9-15(23(24)25)10-16(12(11)2)28(26,27)19-13(3)17-18-20-21-22(17)14-7-5-4-6-8-14/h4-10,13,19H,1-3H3. The second-order valence-corrected chi connectivity index (χ2v) is 7.95. The van der Waals surface area contributed by atoms with Crippen LogP contribution in [0.5, 0.6) is 0 Å². The Morgan fingerprint density at radius 2 is 1.86 bits per heavy atom. The predicted octanol–water partition coefficient (Wildman–Crippen LogP) is 2.23. The Kier molecular flexibility index (Phi) is 5.21. The van der Waals surface area contributed by atoms with Gasteiger partial charge >= 0.3 is 0 Å². The first kappa shape index (κ1) is 19.6. The van der Waals surface area contributed by atoms with E-state index < -0.39 is 21.0 Å². The van der Waals surface area contributed by atoms with Gasteiger partial charge in [-0.25, -0.2) is 13.1 Å². The molecule has 11 heteroatoms. The number of nitro groups is 1. The van der Waals surface area contributed by atoms with Crippen LogP contribution in [0.1, 0.15) is 29.9 Å². The third-order valence-corrected chi connectivity index (χ3v) is 5.99. The number of nitrogens with zero attached hydrogens (tertiary/aromatic N) is 5. The summed E-state index contributed by atoms with van der Waals surface area (Å²) in [6.45, 7) is 4.83. The molecule has 0 spiro atoms. The van der Waals surface area contributed by atoms with E-state index in [2.05, 4.69) is 20.2 Å². The van der Waals surface area contributed by atoms with Gasteiger partial charge < -0.3 is 0 Å². The summed E-state index contributed by atoms with van der Waals surface area (Å²) < 4.78 is 29.8. The summed E-state index contributed by atoms with van der Waals surface area (Å²) in [4.78, 5) is 10.3. The van der Waals surface area contributed by atoms with Crippen molar-refractivity contribution in [3.05, 3.63) is 69.5 Å². The smallest absolute Gasteiger partial charge is 0.258 e. The van der Waals surface area contributed by atoms with Crippen molar-refractivity contribution in [3.8, 4) is 5.69 Å². The summed E-state index contributed by atoms with van der Waals surface area (Å²) in [5.41, 5.74) is 1.34. The number of hydrogen-bond acceptors (Lipinski definition) is 7. The molecule has 0 saturated carbocycles. The monoisotopic (exact) mass is 402 g/mol. The third kappa shape index (κ3) is 3.75. The van der Waals surface area contributed by atoms with Crippen molar-refractivity contribution in [2.45, 2.75) is 31.7 Å². The minimum Gasteiger partial charge on any atom is -0.258 e. The summed E-state index contributed by atoms with van der Waals surface area (Å²) in [5, 5.41) is 22.6. The molecule has 1 unspecified atom stereocenters. The summed E-state index contributed by atoms with van der Waals surface area (Å²) in [6.07, 6.45) is 0. The van der Waals surface area contributed by atoms with E-state index in [4.69, 9.17) is 0 Å². The van der Waals surface area contributed by atoms with E-state index in [0.29, 0.717) is 16.8 Å². The molecule has 10 nitrogen and oxygen atoms in total. The van der Waals surface area contributed by atoms with Crippen LogP contribution in [0.15, 0.2) is 47.4 Å². The Morgan fingerprint density at radius 1 is 1.18 bits per heavy atom. The molecule has 0 amide bonds. The van der Waals surface area contributed by atoms with E-state index in [1.165, 1.54) is 10.7 Å². The third-order valence-electron chi connectivity index (χ3n) is 4.32. The van der Waals surface area contributed by atoms with Crippen molar-refractivity contribution in [2.24, 2.45) is 0 Å². The van der Waals surface area contributed by atoms with E-state index >= 15 is 0 Å². The number of hydrogen-bond donors (Lipinski definition) is 1. The van der Waals surface area contributed by atoms with Gasteiger partial charge in [0, 0.05) is 12.1 Å². The Hall–Kier alpha value is -3.18. The highest BCUT2D eigenvalue weighted by molar-refractivity contribution is 7.89. The molecule has 1 N–H and O–H groups in total. The van der Waals surface area contributed by atoms with Crippen LogP contribution in [-0.2, 0) is 10.0 Å². The lowest BCUT2D eigenvalue weighted by atomic mass is 10.1. The topological polar surface area (TPSA) is 133 Å². The second-order valence-electron chi connectivity index (χ2n) is 6.27. The molecule has 0 saturated heterocycles. The zero-order chi connectivity index (χ0) is 20.5. The van der Waals surface area contributed by atoms with Gasteiger partial charge in [-0.1, -0.05) is 18.2 Å². The lowest BCUT2D eigenvalue weighted by Crippen LogP contribution is -2.29. The zero-order valence-corrected chi connectivity index (χ0v) is 16.2. The second kappa shape index (κ2) is 7.44. The maximum atomic E-state index is 12.9. The van der Waals surface area contributed by atoms with Crippen LogP contribution in [0.3, 0.4) is 0 Å². The molecule has 0 aliphatic carbocycles. The molecule has 1 heterocycles. The van der Waals surface area contributed by atoms with Crippen LogP contribution >= 0.6 is 0 Å². The van der Waals surface area contributed by atoms with Crippen molar-refractivity contribution in [1.29, 1.82) is 0 Å². The number of rotatable bonds is 6. The van der Waals surface area contributed by atoms with Crippen LogP contribution in [0, 0.1) is 24.0 Å². The quantitative estimate of drug-likeness (QED) is 0.494. The number of tetrazole rings is 1. The van der Waals surface area contributed by atoms with Crippen LogP contribution in [0.2, 0.25) is 0 Å². The van der Waals surface area contributed by atoms with Crippen LogP contribution in [0.4, 0.5) is 5.69 Å². The number of benzene rings is 2. The van der Waals surface area contributed by atoms with E-state index in [9.17, 15) is 18.5 Å². The molecular formula is C17H18N6O4S. The Labute approximate surface area is 161 Å². The van der Waals surface area contributed by atoms with Crippen molar-refractivity contribution in [1.82, 2.24) is 24.9 Å². The van der Waals surface area contributed by atoms with Gasteiger partial charge in [0.15, 0.2) is 5.82 Å². The van der Waals surface area contributed by atoms with Gasteiger partial charge in [-0.3, -0.25) is 10.1 Å². The van der Waals surface area contributed by atoms with E-state index in [1.54, 1.807) is 32.9 Å². The molecule has 1 aromatic heterocycles. The van der Waals surface area contributed by atoms with E-state index in [0.717, 1.165) is 6.07 Å². The van der Waals surface area contributed by atoms with Crippen LogP contribution in [0.25, 0.3) is 5.69 Å². The maximum absolute atomic E-state index is 12.9. The van der Waals surface area contributed by atoms with Gasteiger partial charge in [-0.05, 0) is 54.5 Å². The van der Waals surface area contributed by atoms with Crippen molar-refractivity contribution in [2.75, 3.05) is 0 Å². The minimum absolute atomic E-state index is 0.148. The highest BCUT2D eigenvalue weighted by Gasteiger charge is 2.27. The molecule has 146 valence electrons. The normalized spacial score (nSPS) is 12.7. The maximum Gasteiger partial charge on any atom is 0.271 e. The average molecular weight is 402 g/mol. The number of para-hydroxylation sites is 1. The SMILES string of the molecule is Cc1cc([N+](=O)[O-])cc(S(=O)(=O)NC(C)c2nnnn2-c2ccccc2)c1C.